The number of benzene rings is 3. The first kappa shape index (κ1) is 23.1. The summed E-state index contributed by atoms with van der Waals surface area (Å²) in [4.78, 5) is 22.2. The van der Waals surface area contributed by atoms with Crippen LogP contribution in [0.5, 0.6) is 5.75 Å². The van der Waals surface area contributed by atoms with Crippen LogP contribution in [0, 0.1) is 0 Å². The third kappa shape index (κ3) is 4.86. The molecule has 32 heavy (non-hydrogen) atoms. The van der Waals surface area contributed by atoms with E-state index in [2.05, 4.69) is 10.6 Å². The molecule has 3 rings (SSSR count). The smallest absolute Gasteiger partial charge is 0.295 e. The summed E-state index contributed by atoms with van der Waals surface area (Å²) in [5, 5.41) is 14.6. The van der Waals surface area contributed by atoms with Crippen molar-refractivity contribution in [2.45, 2.75) is 16.7 Å². The molecule has 0 aliphatic carbocycles. The van der Waals surface area contributed by atoms with Crippen molar-refractivity contribution < 1.29 is 40.6 Å². The minimum Gasteiger partial charge on any atom is -0.507 e. The highest BCUT2D eigenvalue weighted by Crippen LogP contribution is 2.38. The Kier molecular flexibility index (Phi) is 5.93. The van der Waals surface area contributed by atoms with Crippen molar-refractivity contribution >= 4 is 54.2 Å². The highest BCUT2D eigenvalue weighted by atomic mass is 32.2. The van der Waals surface area contributed by atoms with Gasteiger partial charge in [0.05, 0.1) is 10.6 Å². The van der Waals surface area contributed by atoms with E-state index in [1.165, 1.54) is 31.2 Å². The first-order valence-corrected chi connectivity index (χ1v) is 11.6. The van der Waals surface area contributed by atoms with E-state index in [0.29, 0.717) is 11.8 Å². The quantitative estimate of drug-likeness (QED) is 0.341. The van der Waals surface area contributed by atoms with Gasteiger partial charge in [-0.05, 0) is 42.5 Å². The Bertz CT molecular complexity index is 1460. The van der Waals surface area contributed by atoms with Crippen molar-refractivity contribution in [3.05, 3.63) is 54.1 Å². The number of nitrogens with one attached hydrogen (secondary N) is 2. The van der Waals surface area contributed by atoms with E-state index in [-0.39, 0.29) is 22.5 Å². The lowest BCUT2D eigenvalue weighted by Gasteiger charge is -2.14. The Labute approximate surface area is 182 Å². The van der Waals surface area contributed by atoms with Crippen molar-refractivity contribution in [1.29, 1.82) is 0 Å². The van der Waals surface area contributed by atoms with Gasteiger partial charge in [-0.2, -0.15) is 16.8 Å². The van der Waals surface area contributed by atoms with Gasteiger partial charge in [-0.15, -0.1) is 0 Å². The fourth-order valence-electron chi connectivity index (χ4n) is 2.99. The molecular formula is C19H16N2O9S2. The third-order valence-electron chi connectivity index (χ3n) is 4.32. The monoisotopic (exact) mass is 480 g/mol. The van der Waals surface area contributed by atoms with Gasteiger partial charge >= 0.3 is 0 Å². The lowest BCUT2D eigenvalue weighted by atomic mass is 10.1. The SMILES string of the molecule is CC(=O)Nc1ccc(C(=O)Nc2ccc(S(=O)(=O)O)c3cc(S(=O)(=O)O)cc(O)c23)cc1. The number of aromatic hydroxyl groups is 1. The molecular weight excluding hydrogens is 464 g/mol. The predicted molar refractivity (Wildman–Crippen MR) is 114 cm³/mol. The molecule has 0 aliphatic rings. The summed E-state index contributed by atoms with van der Waals surface area (Å²) in [5.41, 5.74) is 0.510. The van der Waals surface area contributed by atoms with Gasteiger partial charge in [0.2, 0.25) is 5.91 Å². The number of hydrogen-bond acceptors (Lipinski definition) is 7. The van der Waals surface area contributed by atoms with E-state index < -0.39 is 47.1 Å². The second-order valence-electron chi connectivity index (χ2n) is 6.64. The maximum Gasteiger partial charge on any atom is 0.295 e. The molecule has 3 aromatic carbocycles. The average molecular weight is 480 g/mol. The van der Waals surface area contributed by atoms with Crippen LogP contribution in [0.3, 0.4) is 0 Å². The number of carbonyl (C=O) groups is 2. The maximum absolute atomic E-state index is 12.6. The van der Waals surface area contributed by atoms with Crippen molar-refractivity contribution in [2.24, 2.45) is 0 Å². The maximum atomic E-state index is 12.6. The second kappa shape index (κ2) is 8.20. The molecule has 13 heteroatoms. The number of rotatable bonds is 5. The van der Waals surface area contributed by atoms with Crippen molar-refractivity contribution in [1.82, 2.24) is 0 Å². The third-order valence-corrected chi connectivity index (χ3v) is 6.06. The van der Waals surface area contributed by atoms with Gasteiger partial charge in [-0.3, -0.25) is 18.7 Å². The van der Waals surface area contributed by atoms with E-state index in [1.54, 1.807) is 0 Å². The molecule has 2 amide bonds. The Balaban J connectivity index is 2.11. The zero-order valence-corrected chi connectivity index (χ0v) is 17.9. The lowest BCUT2D eigenvalue weighted by molar-refractivity contribution is -0.114. The van der Waals surface area contributed by atoms with Crippen molar-refractivity contribution in [3.63, 3.8) is 0 Å². The summed E-state index contributed by atoms with van der Waals surface area (Å²) >= 11 is 0. The number of anilines is 2. The van der Waals surface area contributed by atoms with E-state index in [1.807, 2.05) is 0 Å². The molecule has 0 spiro atoms. The normalized spacial score (nSPS) is 11.8. The highest BCUT2D eigenvalue weighted by molar-refractivity contribution is 7.86. The van der Waals surface area contributed by atoms with Gasteiger partial charge in [-0.25, -0.2) is 0 Å². The molecule has 0 radical (unpaired) electrons. The first-order chi connectivity index (χ1) is 14.8. The number of phenolic OH excluding ortho intramolecular Hbond substituents is 1. The Morgan fingerprint density at radius 1 is 0.844 bits per heavy atom. The second-order valence-corrected chi connectivity index (χ2v) is 9.45. The Hall–Kier alpha value is -3.52. The molecule has 0 saturated carbocycles. The van der Waals surface area contributed by atoms with Crippen molar-refractivity contribution in [3.8, 4) is 5.75 Å². The zero-order chi connectivity index (χ0) is 23.8. The predicted octanol–water partition coefficient (Wildman–Crippen LogP) is 2.25. The summed E-state index contributed by atoms with van der Waals surface area (Å²) in [5.74, 6) is -1.73. The van der Waals surface area contributed by atoms with E-state index in [9.17, 15) is 40.6 Å². The fourth-order valence-corrected chi connectivity index (χ4v) is 4.20. The standard InChI is InChI=1S/C19H16N2O9S2/c1-10(22)20-12-4-2-11(3-5-12)19(24)21-15-6-7-17(32(28,29)30)14-8-13(31(25,26)27)9-16(23)18(14)15/h2-9,23H,1H3,(H,20,22)(H,21,24)(H,25,26,27)(H,28,29,30). The Morgan fingerprint density at radius 2 is 1.47 bits per heavy atom. The van der Waals surface area contributed by atoms with Crippen LogP contribution in [0.15, 0.2) is 58.3 Å². The number of phenols is 1. The average Bonchev–Trinajstić information content (AvgIpc) is 2.66. The van der Waals surface area contributed by atoms with Crippen LogP contribution in [-0.4, -0.2) is 42.9 Å². The molecule has 0 bridgehead atoms. The van der Waals surface area contributed by atoms with Gasteiger partial charge in [-0.1, -0.05) is 0 Å². The van der Waals surface area contributed by atoms with E-state index in [0.717, 1.165) is 18.2 Å². The summed E-state index contributed by atoms with van der Waals surface area (Å²) in [6.07, 6.45) is 0. The minimum absolute atomic E-state index is 0.0947. The molecule has 0 aromatic heterocycles. The first-order valence-electron chi connectivity index (χ1n) is 8.71. The molecule has 0 aliphatic heterocycles. The number of amides is 2. The summed E-state index contributed by atoms with van der Waals surface area (Å²) in [6, 6.07) is 9.19. The zero-order valence-electron chi connectivity index (χ0n) is 16.2. The molecule has 0 heterocycles. The van der Waals surface area contributed by atoms with Gasteiger partial charge < -0.3 is 15.7 Å². The van der Waals surface area contributed by atoms with Crippen LogP contribution in [0.25, 0.3) is 10.8 Å². The summed E-state index contributed by atoms with van der Waals surface area (Å²) in [7, 11) is -9.68. The molecule has 5 N–H and O–H groups in total. The van der Waals surface area contributed by atoms with Gasteiger partial charge in [0, 0.05) is 35.0 Å². The number of fused-ring (bicyclic) bond motifs is 1. The minimum atomic E-state index is -4.86. The molecule has 11 nitrogen and oxygen atoms in total. The van der Waals surface area contributed by atoms with Gasteiger partial charge in [0.25, 0.3) is 26.1 Å². The van der Waals surface area contributed by atoms with Crippen LogP contribution in [0.2, 0.25) is 0 Å². The van der Waals surface area contributed by atoms with Crippen LogP contribution in [0.1, 0.15) is 17.3 Å². The van der Waals surface area contributed by atoms with Crippen LogP contribution >= 0.6 is 0 Å². The molecule has 0 atom stereocenters. The van der Waals surface area contributed by atoms with Crippen LogP contribution < -0.4 is 10.6 Å². The van der Waals surface area contributed by atoms with Crippen LogP contribution in [0.4, 0.5) is 11.4 Å². The molecule has 3 aromatic rings. The summed E-state index contributed by atoms with van der Waals surface area (Å²) < 4.78 is 65.1. The topological polar surface area (TPSA) is 187 Å². The molecule has 168 valence electrons. The Morgan fingerprint density at radius 3 is 2.00 bits per heavy atom. The lowest BCUT2D eigenvalue weighted by Crippen LogP contribution is -2.13. The molecule has 0 fully saturated rings. The van der Waals surface area contributed by atoms with Gasteiger partial charge in [0.15, 0.2) is 0 Å². The van der Waals surface area contributed by atoms with E-state index >= 15 is 0 Å². The van der Waals surface area contributed by atoms with Gasteiger partial charge in [0.1, 0.15) is 10.6 Å². The fraction of sp³-hybridized carbons (Fsp3) is 0.0526. The molecule has 0 saturated heterocycles. The van der Waals surface area contributed by atoms with Crippen molar-refractivity contribution in [2.75, 3.05) is 10.6 Å². The molecule has 0 unspecified atom stereocenters. The number of hydrogen-bond donors (Lipinski definition) is 5. The van der Waals surface area contributed by atoms with Crippen LogP contribution in [-0.2, 0) is 25.0 Å². The van der Waals surface area contributed by atoms with E-state index in [4.69, 9.17) is 0 Å². The largest absolute Gasteiger partial charge is 0.507 e. The summed E-state index contributed by atoms with van der Waals surface area (Å²) in [6.45, 7) is 1.32. The highest BCUT2D eigenvalue weighted by Gasteiger charge is 2.23. The number of carbonyl (C=O) groups excluding carboxylic acids is 2.